The molecule has 0 amide bonds. The monoisotopic (exact) mass is 350 g/mol. The van der Waals surface area contributed by atoms with E-state index in [9.17, 15) is 20.1 Å². The minimum atomic E-state index is -0.384. The second kappa shape index (κ2) is 6.31. The fourth-order valence-electron chi connectivity index (χ4n) is 7.94. The molecule has 0 radical (unpaired) electrons. The molecule has 4 aliphatic rings. The molecule has 8 atom stereocenters. The predicted molar refractivity (Wildman–Crippen MR) is 94.7 cm³/mol. The van der Waals surface area contributed by atoms with Crippen LogP contribution in [0.25, 0.3) is 0 Å². The molecule has 4 heteroatoms. The average Bonchev–Trinajstić information content (AvgIpc) is 3.01. The average molecular weight is 350 g/mol. The lowest BCUT2D eigenvalue weighted by atomic mass is 9.44. The summed E-state index contributed by atoms with van der Waals surface area (Å²) in [5.74, 6) is 2.14. The highest BCUT2D eigenvalue weighted by molar-refractivity contribution is 5.83. The van der Waals surface area contributed by atoms with Gasteiger partial charge in [-0.25, -0.2) is 0 Å². The lowest BCUT2D eigenvalue weighted by Crippen LogP contribution is -2.56. The number of ketones is 1. The van der Waals surface area contributed by atoms with Crippen molar-refractivity contribution in [3.63, 3.8) is 0 Å². The lowest BCUT2D eigenvalue weighted by Gasteiger charge is -2.61. The molecule has 0 aromatic heterocycles. The van der Waals surface area contributed by atoms with E-state index in [2.05, 4.69) is 6.92 Å². The molecular formula is C21H34O4. The van der Waals surface area contributed by atoms with Gasteiger partial charge in [-0.2, -0.15) is 0 Å². The number of hydrogen-bond donors (Lipinski definition) is 3. The van der Waals surface area contributed by atoms with Crippen LogP contribution >= 0.6 is 0 Å². The molecule has 0 aliphatic heterocycles. The topological polar surface area (TPSA) is 77.8 Å². The summed E-state index contributed by atoms with van der Waals surface area (Å²) in [4.78, 5) is 12.3. The fraction of sp³-hybridized carbons (Fsp3) is 0.952. The molecule has 0 aromatic carbocycles. The number of carbonyl (C=O) groups is 1. The maximum Gasteiger partial charge on any atom is 0.161 e. The Kier molecular flexibility index (Phi) is 4.53. The molecule has 0 saturated heterocycles. The zero-order chi connectivity index (χ0) is 17.8. The SMILES string of the molecule is C[C@]12CCC(O)CC1CC[C@H]1[C@@H]3CC[C@H](C(=O)CO)[C@@]3(CO)CC[C@@H]12. The van der Waals surface area contributed by atoms with Crippen molar-refractivity contribution in [2.45, 2.75) is 70.8 Å². The van der Waals surface area contributed by atoms with Gasteiger partial charge < -0.3 is 15.3 Å². The smallest absolute Gasteiger partial charge is 0.161 e. The number of aliphatic hydroxyl groups is 3. The first-order chi connectivity index (χ1) is 12.0. The highest BCUT2D eigenvalue weighted by Crippen LogP contribution is 2.67. The standard InChI is InChI=1S/C21H34O4/c1-20-8-6-14(24)10-13(20)2-3-15-16(20)7-9-21(12-23)17(15)4-5-18(21)19(25)11-22/h13-18,22-24H,2-12H2,1H3/t13?,14?,15-,16+,17+,18-,20+,21-/m1/s1. The van der Waals surface area contributed by atoms with Crippen LogP contribution in [0.15, 0.2) is 0 Å². The van der Waals surface area contributed by atoms with E-state index in [1.165, 1.54) is 12.8 Å². The van der Waals surface area contributed by atoms with E-state index in [4.69, 9.17) is 0 Å². The molecular weight excluding hydrogens is 316 g/mol. The Bertz CT molecular complexity index is 534. The maximum atomic E-state index is 12.3. The van der Waals surface area contributed by atoms with Crippen LogP contribution in [0, 0.1) is 40.4 Å². The molecule has 25 heavy (non-hydrogen) atoms. The lowest BCUT2D eigenvalue weighted by molar-refractivity contribution is -0.151. The number of rotatable bonds is 3. The van der Waals surface area contributed by atoms with E-state index in [0.717, 1.165) is 44.9 Å². The second-order valence-electron chi connectivity index (χ2n) is 9.77. The summed E-state index contributed by atoms with van der Waals surface area (Å²) in [5.41, 5.74) is 0.0429. The van der Waals surface area contributed by atoms with Crippen LogP contribution in [-0.4, -0.2) is 40.4 Å². The zero-order valence-electron chi connectivity index (χ0n) is 15.5. The summed E-state index contributed by atoms with van der Waals surface area (Å²) in [6, 6.07) is 0. The van der Waals surface area contributed by atoms with Crippen LogP contribution in [0.5, 0.6) is 0 Å². The summed E-state index contributed by atoms with van der Waals surface area (Å²) < 4.78 is 0. The van der Waals surface area contributed by atoms with Gasteiger partial charge in [-0.05, 0) is 86.9 Å². The van der Waals surface area contributed by atoms with Crippen molar-refractivity contribution >= 4 is 5.78 Å². The van der Waals surface area contributed by atoms with Gasteiger partial charge in [0.25, 0.3) is 0 Å². The highest BCUT2D eigenvalue weighted by atomic mass is 16.3. The molecule has 2 unspecified atom stereocenters. The van der Waals surface area contributed by atoms with E-state index in [0.29, 0.717) is 29.1 Å². The number of hydrogen-bond acceptors (Lipinski definition) is 4. The Balaban J connectivity index is 1.62. The third kappa shape index (κ3) is 2.47. The third-order valence-corrected chi connectivity index (χ3v) is 9.19. The van der Waals surface area contributed by atoms with Crippen molar-refractivity contribution in [2.75, 3.05) is 13.2 Å². The molecule has 4 nitrogen and oxygen atoms in total. The number of fused-ring (bicyclic) bond motifs is 5. The Morgan fingerprint density at radius 1 is 1.00 bits per heavy atom. The van der Waals surface area contributed by atoms with E-state index in [1.54, 1.807) is 0 Å². The Morgan fingerprint density at radius 2 is 1.80 bits per heavy atom. The number of carbonyl (C=O) groups excluding carboxylic acids is 1. The van der Waals surface area contributed by atoms with Gasteiger partial charge in [0.15, 0.2) is 5.78 Å². The van der Waals surface area contributed by atoms with Gasteiger partial charge in [0.05, 0.1) is 6.10 Å². The maximum absolute atomic E-state index is 12.3. The van der Waals surface area contributed by atoms with Crippen LogP contribution < -0.4 is 0 Å². The normalized spacial score (nSPS) is 52.2. The molecule has 4 rings (SSSR count). The largest absolute Gasteiger partial charge is 0.396 e. The number of Topliss-reactive ketones (excluding diaryl/α,β-unsaturated/α-hetero) is 1. The van der Waals surface area contributed by atoms with Crippen LogP contribution in [0.1, 0.15) is 64.7 Å². The highest BCUT2D eigenvalue weighted by Gasteiger charge is 2.62. The quantitative estimate of drug-likeness (QED) is 0.731. The van der Waals surface area contributed by atoms with E-state index in [1.807, 2.05) is 0 Å². The first-order valence-corrected chi connectivity index (χ1v) is 10.4. The molecule has 4 aliphatic carbocycles. The van der Waals surface area contributed by atoms with Crippen molar-refractivity contribution in [2.24, 2.45) is 40.4 Å². The van der Waals surface area contributed by atoms with Crippen LogP contribution in [-0.2, 0) is 4.79 Å². The second-order valence-corrected chi connectivity index (χ2v) is 9.77. The molecule has 3 N–H and O–H groups in total. The first-order valence-electron chi connectivity index (χ1n) is 10.4. The van der Waals surface area contributed by atoms with E-state index >= 15 is 0 Å². The Labute approximate surface area is 151 Å². The molecule has 0 spiro atoms. The Morgan fingerprint density at radius 3 is 2.52 bits per heavy atom. The van der Waals surface area contributed by atoms with Crippen LogP contribution in [0.2, 0.25) is 0 Å². The summed E-state index contributed by atoms with van der Waals surface area (Å²) in [7, 11) is 0. The fourth-order valence-corrected chi connectivity index (χ4v) is 7.94. The summed E-state index contributed by atoms with van der Waals surface area (Å²) in [6.45, 7) is 2.17. The summed E-state index contributed by atoms with van der Waals surface area (Å²) in [5, 5.41) is 29.8. The van der Waals surface area contributed by atoms with Crippen LogP contribution in [0.3, 0.4) is 0 Å². The zero-order valence-corrected chi connectivity index (χ0v) is 15.5. The minimum absolute atomic E-state index is 0.0595. The summed E-state index contributed by atoms with van der Waals surface area (Å²) in [6.07, 6.45) is 9.16. The predicted octanol–water partition coefficient (Wildman–Crippen LogP) is 2.54. The molecule has 0 heterocycles. The van der Waals surface area contributed by atoms with Gasteiger partial charge in [0.2, 0.25) is 0 Å². The molecule has 0 bridgehead atoms. The molecule has 0 aromatic rings. The minimum Gasteiger partial charge on any atom is -0.396 e. The van der Waals surface area contributed by atoms with Gasteiger partial charge in [0, 0.05) is 17.9 Å². The molecule has 4 fully saturated rings. The van der Waals surface area contributed by atoms with Crippen molar-refractivity contribution in [1.29, 1.82) is 0 Å². The number of aliphatic hydroxyl groups excluding tert-OH is 3. The van der Waals surface area contributed by atoms with E-state index in [-0.39, 0.29) is 36.4 Å². The van der Waals surface area contributed by atoms with Gasteiger partial charge in [-0.3, -0.25) is 4.79 Å². The Hall–Kier alpha value is -0.450. The summed E-state index contributed by atoms with van der Waals surface area (Å²) >= 11 is 0. The first kappa shape index (κ1) is 17.9. The van der Waals surface area contributed by atoms with E-state index < -0.39 is 0 Å². The molecule has 4 saturated carbocycles. The van der Waals surface area contributed by atoms with Gasteiger partial charge >= 0.3 is 0 Å². The van der Waals surface area contributed by atoms with Gasteiger partial charge in [-0.15, -0.1) is 0 Å². The van der Waals surface area contributed by atoms with Gasteiger partial charge in [-0.1, -0.05) is 6.92 Å². The van der Waals surface area contributed by atoms with Gasteiger partial charge in [0.1, 0.15) is 6.61 Å². The van der Waals surface area contributed by atoms with Crippen molar-refractivity contribution in [3.05, 3.63) is 0 Å². The van der Waals surface area contributed by atoms with Crippen molar-refractivity contribution < 1.29 is 20.1 Å². The van der Waals surface area contributed by atoms with Crippen molar-refractivity contribution in [3.8, 4) is 0 Å². The third-order valence-electron chi connectivity index (χ3n) is 9.19. The molecule has 142 valence electrons. The van der Waals surface area contributed by atoms with Crippen LogP contribution in [0.4, 0.5) is 0 Å². The van der Waals surface area contributed by atoms with Crippen molar-refractivity contribution in [1.82, 2.24) is 0 Å².